The van der Waals surface area contributed by atoms with Crippen molar-refractivity contribution >= 4 is 0 Å². The second-order valence-corrected chi connectivity index (χ2v) is 4.17. The lowest BCUT2D eigenvalue weighted by Gasteiger charge is -2.20. The van der Waals surface area contributed by atoms with Gasteiger partial charge in [-0.25, -0.2) is 0 Å². The minimum Gasteiger partial charge on any atom is -0.470 e. The van der Waals surface area contributed by atoms with Gasteiger partial charge in [-0.05, 0) is 44.6 Å². The number of hydrogen-bond acceptors (Lipinski definition) is 1. The first-order valence-electron chi connectivity index (χ1n) is 5.47. The van der Waals surface area contributed by atoms with E-state index in [2.05, 4.69) is 25.2 Å². The van der Waals surface area contributed by atoms with Crippen LogP contribution in [0.5, 0.6) is 0 Å². The zero-order chi connectivity index (χ0) is 9.97. The molecule has 2 rings (SSSR count). The standard InChI is InChI=1S/C13H18O/c1-3-7-14-13(4-2)12-9-10-5-6-11(12)8-10/h3-7,10-12H,8-9H2,1-2H3/b7-3+,13-4-. The number of fused-ring (bicyclic) bond motifs is 2. The first-order valence-corrected chi connectivity index (χ1v) is 5.47. The van der Waals surface area contributed by atoms with Gasteiger partial charge in [0.1, 0.15) is 5.76 Å². The van der Waals surface area contributed by atoms with Gasteiger partial charge in [-0.15, -0.1) is 0 Å². The molecule has 3 atom stereocenters. The number of hydrogen-bond donors (Lipinski definition) is 0. The van der Waals surface area contributed by atoms with Crippen molar-refractivity contribution in [3.8, 4) is 0 Å². The van der Waals surface area contributed by atoms with Gasteiger partial charge in [0, 0.05) is 5.92 Å². The molecule has 1 heteroatoms. The van der Waals surface area contributed by atoms with Crippen LogP contribution in [0.3, 0.4) is 0 Å². The molecule has 14 heavy (non-hydrogen) atoms. The summed E-state index contributed by atoms with van der Waals surface area (Å²) in [5.74, 6) is 3.33. The fourth-order valence-electron chi connectivity index (χ4n) is 2.62. The van der Waals surface area contributed by atoms with Gasteiger partial charge in [-0.2, -0.15) is 0 Å². The van der Waals surface area contributed by atoms with Crippen molar-refractivity contribution < 1.29 is 4.74 Å². The van der Waals surface area contributed by atoms with Crippen LogP contribution < -0.4 is 0 Å². The highest BCUT2D eigenvalue weighted by atomic mass is 16.5. The van der Waals surface area contributed by atoms with Crippen LogP contribution in [0.4, 0.5) is 0 Å². The summed E-state index contributed by atoms with van der Waals surface area (Å²) in [6, 6.07) is 0. The second kappa shape index (κ2) is 4.04. The number of rotatable bonds is 3. The minimum atomic E-state index is 0.631. The van der Waals surface area contributed by atoms with E-state index < -0.39 is 0 Å². The van der Waals surface area contributed by atoms with Gasteiger partial charge >= 0.3 is 0 Å². The van der Waals surface area contributed by atoms with Crippen molar-refractivity contribution in [3.63, 3.8) is 0 Å². The summed E-state index contributed by atoms with van der Waals surface area (Å²) in [4.78, 5) is 0. The van der Waals surface area contributed by atoms with E-state index >= 15 is 0 Å². The molecule has 2 bridgehead atoms. The fourth-order valence-corrected chi connectivity index (χ4v) is 2.62. The molecular weight excluding hydrogens is 172 g/mol. The average Bonchev–Trinajstić information content (AvgIpc) is 2.80. The highest BCUT2D eigenvalue weighted by Gasteiger charge is 2.38. The normalized spacial score (nSPS) is 35.9. The van der Waals surface area contributed by atoms with E-state index in [1.54, 1.807) is 6.26 Å². The van der Waals surface area contributed by atoms with Crippen LogP contribution >= 0.6 is 0 Å². The van der Waals surface area contributed by atoms with Crippen molar-refractivity contribution in [2.75, 3.05) is 0 Å². The Labute approximate surface area is 86.2 Å². The van der Waals surface area contributed by atoms with E-state index in [0.717, 1.165) is 17.6 Å². The Kier molecular flexibility index (Phi) is 2.76. The van der Waals surface area contributed by atoms with E-state index in [0.29, 0.717) is 5.92 Å². The van der Waals surface area contributed by atoms with Crippen molar-refractivity contribution in [2.24, 2.45) is 17.8 Å². The van der Waals surface area contributed by atoms with E-state index in [4.69, 9.17) is 4.74 Å². The molecule has 1 fully saturated rings. The van der Waals surface area contributed by atoms with Crippen LogP contribution in [-0.4, -0.2) is 0 Å². The molecular formula is C13H18O. The average molecular weight is 190 g/mol. The first kappa shape index (κ1) is 9.57. The lowest BCUT2D eigenvalue weighted by Crippen LogP contribution is -2.10. The van der Waals surface area contributed by atoms with Gasteiger partial charge in [0.15, 0.2) is 0 Å². The zero-order valence-electron chi connectivity index (χ0n) is 8.94. The van der Waals surface area contributed by atoms with Crippen molar-refractivity contribution in [1.82, 2.24) is 0 Å². The maximum Gasteiger partial charge on any atom is 0.103 e. The quantitative estimate of drug-likeness (QED) is 0.487. The topological polar surface area (TPSA) is 9.23 Å². The molecule has 0 aromatic carbocycles. The molecule has 2 aliphatic rings. The van der Waals surface area contributed by atoms with E-state index in [1.807, 2.05) is 13.0 Å². The van der Waals surface area contributed by atoms with Crippen LogP contribution in [-0.2, 0) is 4.74 Å². The van der Waals surface area contributed by atoms with Crippen molar-refractivity contribution in [2.45, 2.75) is 26.7 Å². The molecule has 2 aliphatic carbocycles. The molecule has 1 saturated carbocycles. The smallest absolute Gasteiger partial charge is 0.103 e. The van der Waals surface area contributed by atoms with Gasteiger partial charge < -0.3 is 4.74 Å². The molecule has 0 N–H and O–H groups in total. The predicted octanol–water partition coefficient (Wildman–Crippen LogP) is 3.65. The minimum absolute atomic E-state index is 0.631. The number of ether oxygens (including phenoxy) is 1. The lowest BCUT2D eigenvalue weighted by molar-refractivity contribution is 0.268. The molecule has 0 aliphatic heterocycles. The van der Waals surface area contributed by atoms with E-state index in [-0.39, 0.29) is 0 Å². The van der Waals surface area contributed by atoms with Crippen LogP contribution in [0.25, 0.3) is 0 Å². The molecule has 1 nitrogen and oxygen atoms in total. The Morgan fingerprint density at radius 1 is 1.29 bits per heavy atom. The summed E-state index contributed by atoms with van der Waals surface area (Å²) >= 11 is 0. The predicted molar refractivity (Wildman–Crippen MR) is 58.5 cm³/mol. The number of allylic oxidation sites excluding steroid dienone is 5. The van der Waals surface area contributed by atoms with Gasteiger partial charge in [0.05, 0.1) is 6.26 Å². The Balaban J connectivity index is 2.03. The Morgan fingerprint density at radius 3 is 2.64 bits per heavy atom. The van der Waals surface area contributed by atoms with Crippen LogP contribution in [0.2, 0.25) is 0 Å². The Hall–Kier alpha value is -0.980. The van der Waals surface area contributed by atoms with Crippen LogP contribution in [0.1, 0.15) is 26.7 Å². The van der Waals surface area contributed by atoms with Gasteiger partial charge in [-0.1, -0.05) is 18.2 Å². The molecule has 0 aromatic heterocycles. The lowest BCUT2D eigenvalue weighted by atomic mass is 9.91. The third kappa shape index (κ3) is 1.63. The highest BCUT2D eigenvalue weighted by Crippen LogP contribution is 2.46. The first-order chi connectivity index (χ1) is 6.85. The molecule has 0 aromatic rings. The van der Waals surface area contributed by atoms with Crippen molar-refractivity contribution in [3.05, 3.63) is 36.3 Å². The van der Waals surface area contributed by atoms with Crippen molar-refractivity contribution in [1.29, 1.82) is 0 Å². The summed E-state index contributed by atoms with van der Waals surface area (Å²) in [7, 11) is 0. The van der Waals surface area contributed by atoms with Gasteiger partial charge in [0.25, 0.3) is 0 Å². The summed E-state index contributed by atoms with van der Waals surface area (Å²) in [6.45, 7) is 4.04. The molecule has 0 amide bonds. The van der Waals surface area contributed by atoms with E-state index in [1.165, 1.54) is 12.8 Å². The third-order valence-electron chi connectivity index (χ3n) is 3.27. The SMILES string of the molecule is C/C=C(\O/C=C/C)C1CC2C=CC1C2. The maximum atomic E-state index is 5.62. The molecule has 76 valence electrons. The molecule has 0 saturated heterocycles. The van der Waals surface area contributed by atoms with Crippen LogP contribution in [0, 0.1) is 17.8 Å². The highest BCUT2D eigenvalue weighted by molar-refractivity contribution is 5.17. The molecule has 0 heterocycles. The Bertz CT molecular complexity index is 286. The zero-order valence-corrected chi connectivity index (χ0v) is 8.94. The van der Waals surface area contributed by atoms with Crippen LogP contribution in [0.15, 0.2) is 36.3 Å². The molecule has 0 radical (unpaired) electrons. The summed E-state index contributed by atoms with van der Waals surface area (Å²) in [5, 5.41) is 0. The summed E-state index contributed by atoms with van der Waals surface area (Å²) in [6.07, 6.45) is 13.2. The summed E-state index contributed by atoms with van der Waals surface area (Å²) in [5.41, 5.74) is 0. The third-order valence-corrected chi connectivity index (χ3v) is 3.27. The largest absolute Gasteiger partial charge is 0.470 e. The monoisotopic (exact) mass is 190 g/mol. The Morgan fingerprint density at radius 2 is 2.14 bits per heavy atom. The van der Waals surface area contributed by atoms with Gasteiger partial charge in [-0.3, -0.25) is 0 Å². The maximum absolute atomic E-state index is 5.62. The second-order valence-electron chi connectivity index (χ2n) is 4.17. The van der Waals surface area contributed by atoms with Gasteiger partial charge in [0.2, 0.25) is 0 Å². The molecule has 3 unspecified atom stereocenters. The molecule has 0 spiro atoms. The van der Waals surface area contributed by atoms with E-state index in [9.17, 15) is 0 Å². The fraction of sp³-hybridized carbons (Fsp3) is 0.538. The summed E-state index contributed by atoms with van der Waals surface area (Å²) < 4.78 is 5.62.